The van der Waals surface area contributed by atoms with Crippen molar-refractivity contribution in [2.24, 2.45) is 0 Å². The summed E-state index contributed by atoms with van der Waals surface area (Å²) >= 11 is 0. The smallest absolute Gasteiger partial charge is 0.481 e. The highest BCUT2D eigenvalue weighted by Crippen LogP contribution is 2.45. The molecular weight excluding hydrogens is 480 g/mol. The lowest BCUT2D eigenvalue weighted by Crippen LogP contribution is -2.15. The van der Waals surface area contributed by atoms with Crippen molar-refractivity contribution < 1.29 is 28.5 Å². The number of halogens is 1. The van der Waals surface area contributed by atoms with Gasteiger partial charge in [-0.25, -0.2) is 4.39 Å². The molecule has 1 aliphatic rings. The zero-order valence-electron chi connectivity index (χ0n) is 19.8. The molecule has 0 bridgehead atoms. The number of aliphatic carboxylic acids is 1. The van der Waals surface area contributed by atoms with Gasteiger partial charge in [-0.2, -0.15) is 0 Å². The lowest BCUT2D eigenvalue weighted by atomic mass is 9.90. The summed E-state index contributed by atoms with van der Waals surface area (Å²) in [6.07, 6.45) is -0.00931. The van der Waals surface area contributed by atoms with E-state index >= 15 is 0 Å². The molecule has 36 heavy (non-hydrogen) atoms. The molecule has 2 aromatic carbocycles. The molecule has 4 rings (SSSR count). The van der Waals surface area contributed by atoms with Crippen LogP contribution < -0.4 is 0 Å². The lowest BCUT2D eigenvalue weighted by molar-refractivity contribution is -0.138. The van der Waals surface area contributed by atoms with E-state index in [1.54, 1.807) is 12.1 Å². The Morgan fingerprint density at radius 3 is 2.50 bits per heavy atom. The van der Waals surface area contributed by atoms with Crippen LogP contribution in [0.1, 0.15) is 42.0 Å². The van der Waals surface area contributed by atoms with Gasteiger partial charge in [0.1, 0.15) is 11.9 Å². The van der Waals surface area contributed by atoms with Crippen LogP contribution in [-0.2, 0) is 13.9 Å². The van der Waals surface area contributed by atoms with Crippen LogP contribution in [-0.4, -0.2) is 40.0 Å². The molecule has 0 aliphatic heterocycles. The van der Waals surface area contributed by atoms with Gasteiger partial charge in [0.2, 0.25) is 6.16 Å². The maximum Gasteiger partial charge on any atom is 0.511 e. The van der Waals surface area contributed by atoms with E-state index in [1.165, 1.54) is 12.1 Å². The molecule has 2 unspecified atom stereocenters. The Hall–Kier alpha value is -3.43. The Bertz CT molecular complexity index is 1330. The minimum absolute atomic E-state index is 0.151. The van der Waals surface area contributed by atoms with Crippen LogP contribution in [0.3, 0.4) is 0 Å². The van der Waals surface area contributed by atoms with E-state index in [1.807, 2.05) is 37.3 Å². The molecule has 2 atom stereocenters. The van der Waals surface area contributed by atoms with Gasteiger partial charge in [-0.15, -0.1) is 4.52 Å². The predicted octanol–water partition coefficient (Wildman–Crippen LogP) is 5.69. The molecule has 1 fully saturated rings. The molecule has 1 heterocycles. The maximum absolute atomic E-state index is 13.7. The Morgan fingerprint density at radius 2 is 1.86 bits per heavy atom. The van der Waals surface area contributed by atoms with Crippen molar-refractivity contribution in [3.8, 4) is 34.2 Å². The summed E-state index contributed by atoms with van der Waals surface area (Å²) < 4.78 is 31.0. The Morgan fingerprint density at radius 1 is 1.17 bits per heavy atom. The van der Waals surface area contributed by atoms with Crippen LogP contribution in [0.15, 0.2) is 54.6 Å². The molecule has 0 spiro atoms. The van der Waals surface area contributed by atoms with Crippen molar-refractivity contribution in [1.82, 2.24) is 4.98 Å². The second kappa shape index (κ2) is 11.5. The first-order valence-electron chi connectivity index (χ1n) is 11.7. The van der Waals surface area contributed by atoms with Crippen LogP contribution in [0.4, 0.5) is 4.39 Å². The molecular formula is C28H26FNO5P+. The van der Waals surface area contributed by atoms with Crippen molar-refractivity contribution in [3.05, 3.63) is 77.2 Å². The summed E-state index contributed by atoms with van der Waals surface area (Å²) in [5.41, 5.74) is 6.08. The summed E-state index contributed by atoms with van der Waals surface area (Å²) in [6.45, 7) is 1.83. The average molecular weight is 506 g/mol. The third-order valence-electron chi connectivity index (χ3n) is 5.88. The molecule has 3 aromatic rings. The van der Waals surface area contributed by atoms with E-state index in [0.717, 1.165) is 52.0 Å². The summed E-state index contributed by atoms with van der Waals surface area (Å²) in [5.74, 6) is 4.85. The quantitative estimate of drug-likeness (QED) is 0.286. The van der Waals surface area contributed by atoms with Gasteiger partial charge in [-0.1, -0.05) is 54.3 Å². The largest absolute Gasteiger partial charge is 0.511 e. The number of aliphatic hydroxyl groups is 1. The van der Waals surface area contributed by atoms with Crippen molar-refractivity contribution in [2.45, 2.75) is 38.2 Å². The zero-order chi connectivity index (χ0) is 25.7. The molecule has 0 saturated heterocycles. The van der Waals surface area contributed by atoms with Crippen LogP contribution in [0.25, 0.3) is 22.4 Å². The minimum Gasteiger partial charge on any atom is -0.481 e. The first kappa shape index (κ1) is 25.7. The normalized spacial score (nSPS) is 14.0. The molecule has 184 valence electrons. The number of nitrogens with zero attached hydrogens (tertiary/aromatic N) is 1. The van der Waals surface area contributed by atoms with Crippen molar-refractivity contribution in [3.63, 3.8) is 0 Å². The Labute approximate surface area is 210 Å². The van der Waals surface area contributed by atoms with Crippen LogP contribution in [0.2, 0.25) is 0 Å². The Kier molecular flexibility index (Phi) is 8.22. The van der Waals surface area contributed by atoms with Gasteiger partial charge < -0.3 is 10.2 Å². The van der Waals surface area contributed by atoms with E-state index in [4.69, 9.17) is 14.6 Å². The number of carboxylic acids is 1. The third kappa shape index (κ3) is 6.41. The number of aliphatic hydroxyl groups excluding tert-OH is 1. The molecule has 1 aliphatic carbocycles. The van der Waals surface area contributed by atoms with Crippen LogP contribution >= 0.6 is 8.03 Å². The second-order valence-electron chi connectivity index (χ2n) is 8.71. The first-order valence-corrected chi connectivity index (χ1v) is 13.0. The van der Waals surface area contributed by atoms with E-state index in [0.29, 0.717) is 0 Å². The molecule has 0 radical (unpaired) electrons. The standard InChI is InChI=1S/C28H25FNO5P/c1-18-26(19-11-13-22(29)14-12-19)24(8-5-15-35-36(34)17-23(31)16-25(32)33)28(21-9-10-21)30-27(18)20-6-3-2-4-7-20/h2-4,6-7,11-14,21,23,31H,9-10,15-17H2,1H3/p+1. The molecule has 2 N–H and O–H groups in total. The summed E-state index contributed by atoms with van der Waals surface area (Å²) in [7, 11) is -2.26. The van der Waals surface area contributed by atoms with Gasteiger partial charge in [0.05, 0.1) is 23.4 Å². The van der Waals surface area contributed by atoms with Gasteiger partial charge in [0.25, 0.3) is 0 Å². The highest BCUT2D eigenvalue weighted by Gasteiger charge is 2.31. The van der Waals surface area contributed by atoms with E-state index in [-0.39, 0.29) is 24.5 Å². The maximum atomic E-state index is 13.7. The number of aromatic nitrogens is 1. The molecule has 1 aromatic heterocycles. The zero-order valence-corrected chi connectivity index (χ0v) is 20.7. The van der Waals surface area contributed by atoms with Gasteiger partial charge in [0.15, 0.2) is 6.61 Å². The highest BCUT2D eigenvalue weighted by molar-refractivity contribution is 7.39. The monoisotopic (exact) mass is 506 g/mol. The fourth-order valence-electron chi connectivity index (χ4n) is 4.05. The summed E-state index contributed by atoms with van der Waals surface area (Å²) in [4.78, 5) is 15.7. The second-order valence-corrected chi connectivity index (χ2v) is 10.00. The number of carboxylic acid groups (broad SMARTS) is 1. The van der Waals surface area contributed by atoms with E-state index in [2.05, 4.69) is 11.8 Å². The molecule has 6 nitrogen and oxygen atoms in total. The predicted molar refractivity (Wildman–Crippen MR) is 135 cm³/mol. The van der Waals surface area contributed by atoms with Gasteiger partial charge in [0, 0.05) is 17.0 Å². The van der Waals surface area contributed by atoms with Crippen LogP contribution in [0.5, 0.6) is 0 Å². The van der Waals surface area contributed by atoms with Crippen LogP contribution in [0, 0.1) is 24.6 Å². The first-order chi connectivity index (χ1) is 17.3. The van der Waals surface area contributed by atoms with Crippen molar-refractivity contribution in [1.29, 1.82) is 0 Å². The SMILES string of the molecule is Cc1c(-c2ccccc2)nc(C2CC2)c(C#CCO[P+](=O)CC(O)CC(=O)O)c1-c1ccc(F)cc1. The number of benzene rings is 2. The number of pyridine rings is 1. The average Bonchev–Trinajstić information content (AvgIpc) is 3.68. The molecule has 8 heteroatoms. The van der Waals surface area contributed by atoms with Gasteiger partial charge in [-0.3, -0.25) is 9.78 Å². The third-order valence-corrected chi connectivity index (χ3v) is 7.01. The topological polar surface area (TPSA) is 96.7 Å². The molecule has 1 saturated carbocycles. The molecule has 0 amide bonds. The number of carbonyl (C=O) groups is 1. The Balaban J connectivity index is 1.69. The number of hydrogen-bond donors (Lipinski definition) is 2. The summed E-state index contributed by atoms with van der Waals surface area (Å²) in [5, 5.41) is 18.4. The van der Waals surface area contributed by atoms with E-state index in [9.17, 15) is 18.9 Å². The minimum atomic E-state index is -2.26. The van der Waals surface area contributed by atoms with E-state index < -0.39 is 26.5 Å². The lowest BCUT2D eigenvalue weighted by Gasteiger charge is -2.17. The fraction of sp³-hybridized carbons (Fsp3) is 0.286. The highest BCUT2D eigenvalue weighted by atomic mass is 31.1. The van der Waals surface area contributed by atoms with Gasteiger partial charge >= 0.3 is 14.0 Å². The fourth-order valence-corrected chi connectivity index (χ4v) is 4.83. The number of rotatable bonds is 9. The van der Waals surface area contributed by atoms with Gasteiger partial charge in [-0.05, 0) is 47.6 Å². The van der Waals surface area contributed by atoms with Crippen molar-refractivity contribution >= 4 is 14.0 Å². The number of hydrogen-bond acceptors (Lipinski definition) is 5. The van der Waals surface area contributed by atoms with Crippen molar-refractivity contribution in [2.75, 3.05) is 12.8 Å². The summed E-state index contributed by atoms with van der Waals surface area (Å²) in [6, 6.07) is 16.2.